The van der Waals surface area contributed by atoms with Crippen LogP contribution in [0.15, 0.2) is 18.3 Å². The molecule has 0 radical (unpaired) electrons. The lowest BCUT2D eigenvalue weighted by Gasteiger charge is -2.15. The highest BCUT2D eigenvalue weighted by Crippen LogP contribution is 2.61. The Kier molecular flexibility index (Phi) is 2.10. The van der Waals surface area contributed by atoms with Gasteiger partial charge in [0.05, 0.1) is 5.56 Å². The Hall–Kier alpha value is -1.56. The van der Waals surface area contributed by atoms with E-state index in [0.29, 0.717) is 11.0 Å². The maximum absolute atomic E-state index is 8.67. The lowest BCUT2D eigenvalue weighted by Crippen LogP contribution is -2.17. The van der Waals surface area contributed by atoms with Crippen molar-refractivity contribution in [3.63, 3.8) is 0 Å². The highest BCUT2D eigenvalue weighted by atomic mass is 15.0. The van der Waals surface area contributed by atoms with Crippen molar-refractivity contribution in [3.8, 4) is 6.07 Å². The number of hydrogen-bond donors (Lipinski definition) is 1. The van der Waals surface area contributed by atoms with Crippen molar-refractivity contribution >= 4 is 5.82 Å². The van der Waals surface area contributed by atoms with Crippen molar-refractivity contribution in [2.45, 2.75) is 25.7 Å². The molecule has 3 nitrogen and oxygen atoms in total. The first-order valence-corrected chi connectivity index (χ1v) is 5.92. The molecule has 0 saturated heterocycles. The molecular formula is C13H15N3. The Bertz CT molecular complexity index is 421. The molecule has 0 amide bonds. The Morgan fingerprint density at radius 3 is 2.75 bits per heavy atom. The van der Waals surface area contributed by atoms with E-state index >= 15 is 0 Å². The van der Waals surface area contributed by atoms with Crippen LogP contribution in [0.2, 0.25) is 0 Å². The fourth-order valence-electron chi connectivity index (χ4n) is 2.42. The van der Waals surface area contributed by atoms with Gasteiger partial charge in [0.1, 0.15) is 11.9 Å². The molecule has 2 aliphatic rings. The van der Waals surface area contributed by atoms with E-state index in [4.69, 9.17) is 5.26 Å². The Labute approximate surface area is 95.5 Å². The summed E-state index contributed by atoms with van der Waals surface area (Å²) < 4.78 is 0. The predicted molar refractivity (Wildman–Crippen MR) is 61.8 cm³/mol. The molecule has 1 heterocycles. The first kappa shape index (κ1) is 9.65. The molecule has 0 aliphatic heterocycles. The molecule has 0 spiro atoms. The van der Waals surface area contributed by atoms with Crippen LogP contribution < -0.4 is 5.32 Å². The number of nitrogens with one attached hydrogen (secondary N) is 1. The molecule has 82 valence electrons. The van der Waals surface area contributed by atoms with Crippen molar-refractivity contribution in [2.24, 2.45) is 11.3 Å². The van der Waals surface area contributed by atoms with E-state index in [-0.39, 0.29) is 0 Å². The molecule has 1 aromatic rings. The average Bonchev–Trinajstić information content (AvgIpc) is 3.17. The minimum Gasteiger partial charge on any atom is -0.370 e. The predicted octanol–water partition coefficient (Wildman–Crippen LogP) is 2.56. The summed E-state index contributed by atoms with van der Waals surface area (Å²) in [6, 6.07) is 5.78. The Balaban J connectivity index is 1.60. The lowest BCUT2D eigenvalue weighted by atomic mass is 10.0. The van der Waals surface area contributed by atoms with Gasteiger partial charge in [-0.2, -0.15) is 5.26 Å². The number of pyridine rings is 1. The van der Waals surface area contributed by atoms with Crippen molar-refractivity contribution in [2.75, 3.05) is 11.9 Å². The minimum absolute atomic E-state index is 0.593. The molecule has 3 heteroatoms. The van der Waals surface area contributed by atoms with Crippen LogP contribution in [-0.2, 0) is 0 Å². The zero-order valence-corrected chi connectivity index (χ0v) is 9.24. The molecule has 3 rings (SSSR count). The molecule has 1 N–H and O–H groups in total. The largest absolute Gasteiger partial charge is 0.370 e. The number of anilines is 1. The average molecular weight is 213 g/mol. The molecule has 2 saturated carbocycles. The van der Waals surface area contributed by atoms with Gasteiger partial charge in [0, 0.05) is 12.7 Å². The number of nitrogens with zero attached hydrogens (tertiary/aromatic N) is 2. The first-order chi connectivity index (χ1) is 7.82. The van der Waals surface area contributed by atoms with Gasteiger partial charge in [0.15, 0.2) is 0 Å². The molecule has 2 aliphatic carbocycles. The smallest absolute Gasteiger partial charge is 0.125 e. The van der Waals surface area contributed by atoms with Crippen molar-refractivity contribution in [1.29, 1.82) is 5.26 Å². The summed E-state index contributed by atoms with van der Waals surface area (Å²) >= 11 is 0. The Morgan fingerprint density at radius 1 is 1.44 bits per heavy atom. The fraction of sp³-hybridized carbons (Fsp3) is 0.538. The second-order valence-corrected chi connectivity index (χ2v) is 5.03. The zero-order valence-electron chi connectivity index (χ0n) is 9.24. The van der Waals surface area contributed by atoms with E-state index in [1.54, 1.807) is 6.20 Å². The number of aromatic nitrogens is 1. The van der Waals surface area contributed by atoms with Crippen LogP contribution in [0.25, 0.3) is 0 Å². The van der Waals surface area contributed by atoms with E-state index < -0.39 is 0 Å². The highest BCUT2D eigenvalue weighted by Gasteiger charge is 2.53. The lowest BCUT2D eigenvalue weighted by molar-refractivity contribution is 0.466. The zero-order chi connectivity index (χ0) is 11.0. The molecule has 0 bridgehead atoms. The van der Waals surface area contributed by atoms with E-state index in [0.717, 1.165) is 18.3 Å². The summed E-state index contributed by atoms with van der Waals surface area (Å²) in [6.07, 6.45) is 7.21. The maximum Gasteiger partial charge on any atom is 0.125 e. The third-order valence-corrected chi connectivity index (χ3v) is 3.85. The summed E-state index contributed by atoms with van der Waals surface area (Å²) in [5, 5.41) is 12.1. The normalized spacial score (nSPS) is 21.2. The topological polar surface area (TPSA) is 48.7 Å². The van der Waals surface area contributed by atoms with Gasteiger partial charge in [-0.05, 0) is 49.1 Å². The van der Waals surface area contributed by atoms with E-state index in [2.05, 4.69) is 16.4 Å². The summed E-state index contributed by atoms with van der Waals surface area (Å²) in [7, 11) is 0. The quantitative estimate of drug-likeness (QED) is 0.836. The van der Waals surface area contributed by atoms with Gasteiger partial charge in [-0.1, -0.05) is 0 Å². The standard InChI is InChI=1S/C13H15N3/c14-7-10-1-4-12(15-8-10)16-9-13(5-6-13)11-2-3-11/h1,4,8,11H,2-3,5-6,9H2,(H,15,16). The molecule has 16 heavy (non-hydrogen) atoms. The van der Waals surface area contributed by atoms with Crippen LogP contribution >= 0.6 is 0 Å². The van der Waals surface area contributed by atoms with Crippen LogP contribution in [-0.4, -0.2) is 11.5 Å². The van der Waals surface area contributed by atoms with E-state index in [1.165, 1.54) is 25.7 Å². The molecule has 0 aromatic carbocycles. The fourth-order valence-corrected chi connectivity index (χ4v) is 2.42. The number of hydrogen-bond acceptors (Lipinski definition) is 3. The third-order valence-electron chi connectivity index (χ3n) is 3.85. The summed E-state index contributed by atoms with van der Waals surface area (Å²) in [5.74, 6) is 1.87. The minimum atomic E-state index is 0.593. The number of nitriles is 1. The van der Waals surface area contributed by atoms with Gasteiger partial charge in [0.2, 0.25) is 0 Å². The molecule has 1 aromatic heterocycles. The third kappa shape index (κ3) is 1.76. The summed E-state index contributed by atoms with van der Waals surface area (Å²) in [6.45, 7) is 1.05. The van der Waals surface area contributed by atoms with Crippen LogP contribution in [0.5, 0.6) is 0 Å². The van der Waals surface area contributed by atoms with Gasteiger partial charge >= 0.3 is 0 Å². The van der Waals surface area contributed by atoms with Crippen LogP contribution in [0.1, 0.15) is 31.2 Å². The molecule has 0 unspecified atom stereocenters. The van der Waals surface area contributed by atoms with Gasteiger partial charge in [-0.25, -0.2) is 4.98 Å². The first-order valence-electron chi connectivity index (χ1n) is 5.92. The van der Waals surface area contributed by atoms with Crippen LogP contribution in [0.4, 0.5) is 5.82 Å². The second-order valence-electron chi connectivity index (χ2n) is 5.03. The van der Waals surface area contributed by atoms with Gasteiger partial charge in [-0.3, -0.25) is 0 Å². The van der Waals surface area contributed by atoms with Gasteiger partial charge in [0.25, 0.3) is 0 Å². The van der Waals surface area contributed by atoms with Gasteiger partial charge in [-0.15, -0.1) is 0 Å². The summed E-state index contributed by atoms with van der Waals surface area (Å²) in [4.78, 5) is 4.23. The van der Waals surface area contributed by atoms with Crippen LogP contribution in [0.3, 0.4) is 0 Å². The van der Waals surface area contributed by atoms with Crippen molar-refractivity contribution < 1.29 is 0 Å². The maximum atomic E-state index is 8.67. The van der Waals surface area contributed by atoms with Crippen molar-refractivity contribution in [1.82, 2.24) is 4.98 Å². The molecule has 0 atom stereocenters. The monoisotopic (exact) mass is 213 g/mol. The molecular weight excluding hydrogens is 198 g/mol. The Morgan fingerprint density at radius 2 is 2.25 bits per heavy atom. The van der Waals surface area contributed by atoms with E-state index in [1.807, 2.05) is 12.1 Å². The molecule has 2 fully saturated rings. The van der Waals surface area contributed by atoms with Crippen LogP contribution in [0, 0.1) is 22.7 Å². The second kappa shape index (κ2) is 3.48. The number of rotatable bonds is 4. The van der Waals surface area contributed by atoms with E-state index in [9.17, 15) is 0 Å². The summed E-state index contributed by atoms with van der Waals surface area (Å²) in [5.41, 5.74) is 1.21. The van der Waals surface area contributed by atoms with Gasteiger partial charge < -0.3 is 5.32 Å². The van der Waals surface area contributed by atoms with Crippen molar-refractivity contribution in [3.05, 3.63) is 23.9 Å². The SMILES string of the molecule is N#Cc1ccc(NCC2(C3CC3)CC2)nc1. The highest BCUT2D eigenvalue weighted by molar-refractivity contribution is 5.39.